The second-order valence-electron chi connectivity index (χ2n) is 6.69. The van der Waals surface area contributed by atoms with E-state index in [0.717, 1.165) is 25.0 Å². The van der Waals surface area contributed by atoms with Crippen LogP contribution in [-0.2, 0) is 13.4 Å². The Morgan fingerprint density at radius 3 is 2.36 bits per heavy atom. The predicted octanol–water partition coefficient (Wildman–Crippen LogP) is 7.26. The Bertz CT molecular complexity index is 691. The number of hydrogen-bond donors (Lipinski definition) is 0. The fourth-order valence-electron chi connectivity index (χ4n) is 3.24. The van der Waals surface area contributed by atoms with Gasteiger partial charge in [0, 0.05) is 12.1 Å². The van der Waals surface area contributed by atoms with Crippen molar-refractivity contribution in [3.05, 3.63) is 83.5 Å². The monoisotopic (exact) mass is 413 g/mol. The van der Waals surface area contributed by atoms with Gasteiger partial charge in [-0.3, -0.25) is 0 Å². The van der Waals surface area contributed by atoms with Crippen LogP contribution in [0.1, 0.15) is 38.7 Å². The first-order chi connectivity index (χ1) is 12.0. The minimum atomic E-state index is -0.181. The summed E-state index contributed by atoms with van der Waals surface area (Å²) < 4.78 is 0. The van der Waals surface area contributed by atoms with Crippen LogP contribution in [-0.4, -0.2) is 5.01 Å². The normalized spacial score (nSPS) is 18.0. The molecule has 3 rings (SSSR count). The number of halogens is 2. The van der Waals surface area contributed by atoms with Gasteiger partial charge in [0.2, 0.25) is 0 Å². The molecule has 5 heteroatoms. The summed E-state index contributed by atoms with van der Waals surface area (Å²) in [5.74, 6) is 8.15. The molecular formula is C20H23Cl2CrN2. The topological polar surface area (TPSA) is 27.0 Å². The summed E-state index contributed by atoms with van der Waals surface area (Å²) in [5.41, 5.74) is 5.21. The van der Waals surface area contributed by atoms with E-state index in [-0.39, 0.29) is 18.8 Å². The standard InChI is InChI=1S/C20H23N2.2ClH.Cr/c1-20(2,17-11-6-7-12-17)15-18(16-9-4-3-5-10-16)19-13-8-14-22(19)21;;;/h3-11,14,21H,12-13,15H2,1-2H3;2*1H;/q-1;;;+3/p-2. The van der Waals surface area contributed by atoms with E-state index >= 15 is 0 Å². The van der Waals surface area contributed by atoms with Crippen LogP contribution in [0, 0.1) is 5.41 Å². The van der Waals surface area contributed by atoms with Gasteiger partial charge in [0.1, 0.15) is 0 Å². The first-order valence-corrected chi connectivity index (χ1v) is 11.7. The first kappa shape index (κ1) is 20.4. The van der Waals surface area contributed by atoms with E-state index in [4.69, 9.17) is 25.9 Å². The van der Waals surface area contributed by atoms with E-state index in [0.29, 0.717) is 0 Å². The first-order valence-electron chi connectivity index (χ1n) is 8.19. The number of nitrogens with zero attached hydrogens (tertiary/aromatic N) is 1. The van der Waals surface area contributed by atoms with Gasteiger partial charge < -0.3 is 10.9 Å². The van der Waals surface area contributed by atoms with Crippen molar-refractivity contribution in [1.29, 1.82) is 0 Å². The van der Waals surface area contributed by atoms with Crippen molar-refractivity contribution in [3.63, 3.8) is 0 Å². The molecule has 1 aliphatic carbocycles. The number of rotatable bonds is 4. The quantitative estimate of drug-likeness (QED) is 0.509. The zero-order chi connectivity index (χ0) is 18.3. The molecule has 0 atom stereocenters. The molecule has 0 fully saturated rings. The summed E-state index contributed by atoms with van der Waals surface area (Å²) >= 11 is -0.181. The number of nitrogens with one attached hydrogen (secondary N) is 1. The van der Waals surface area contributed by atoms with Crippen LogP contribution < -0.4 is 0 Å². The van der Waals surface area contributed by atoms with Crippen LogP contribution in [0.3, 0.4) is 0 Å². The van der Waals surface area contributed by atoms with Crippen LogP contribution in [0.25, 0.3) is 11.4 Å². The zero-order valence-electron chi connectivity index (χ0n) is 14.5. The van der Waals surface area contributed by atoms with Crippen LogP contribution in [0.15, 0.2) is 72.1 Å². The summed E-state index contributed by atoms with van der Waals surface area (Å²) in [7, 11) is 9.65. The van der Waals surface area contributed by atoms with E-state index < -0.39 is 0 Å². The van der Waals surface area contributed by atoms with Crippen molar-refractivity contribution in [3.8, 4) is 0 Å². The van der Waals surface area contributed by atoms with Crippen molar-refractivity contribution in [1.82, 2.24) is 5.01 Å². The molecule has 0 radical (unpaired) electrons. The molecule has 1 aromatic rings. The Labute approximate surface area is 165 Å². The molecule has 25 heavy (non-hydrogen) atoms. The summed E-state index contributed by atoms with van der Waals surface area (Å²) in [4.78, 5) is 0. The van der Waals surface area contributed by atoms with Gasteiger partial charge in [-0.1, -0.05) is 74.1 Å². The summed E-state index contributed by atoms with van der Waals surface area (Å²) in [6, 6.07) is 10.5. The maximum atomic E-state index is 8.15. The second-order valence-corrected chi connectivity index (χ2v) is 8.80. The SMILES string of the molecule is CC(C)(CC(=C1CC=CN1[NH-])c1ccccc1)C1=CC=CC1.[Cl][Cr+][Cl]. The van der Waals surface area contributed by atoms with Gasteiger partial charge in [-0.2, -0.15) is 0 Å². The van der Waals surface area contributed by atoms with Crippen LogP contribution in [0.4, 0.5) is 0 Å². The van der Waals surface area contributed by atoms with E-state index in [1.807, 2.05) is 12.3 Å². The Morgan fingerprint density at radius 2 is 1.84 bits per heavy atom. The van der Waals surface area contributed by atoms with Crippen molar-refractivity contribution >= 4 is 25.7 Å². The van der Waals surface area contributed by atoms with E-state index in [9.17, 15) is 0 Å². The third-order valence-corrected chi connectivity index (χ3v) is 4.59. The molecule has 1 N–H and O–H groups in total. The number of benzene rings is 1. The molecule has 0 aromatic heterocycles. The molecule has 2 aliphatic rings. The fourth-order valence-corrected chi connectivity index (χ4v) is 3.24. The van der Waals surface area contributed by atoms with E-state index in [1.54, 1.807) is 0 Å². The molecule has 0 saturated carbocycles. The van der Waals surface area contributed by atoms with Crippen molar-refractivity contribution in [2.75, 3.05) is 0 Å². The Morgan fingerprint density at radius 1 is 1.16 bits per heavy atom. The van der Waals surface area contributed by atoms with Crippen LogP contribution in [0.5, 0.6) is 0 Å². The number of hydrogen-bond acceptors (Lipinski definition) is 1. The summed E-state index contributed by atoms with van der Waals surface area (Å²) in [6.07, 6.45) is 13.4. The molecule has 0 unspecified atom stereocenters. The molecular weight excluding hydrogens is 391 g/mol. The molecule has 133 valence electrons. The molecule has 0 saturated heterocycles. The molecule has 0 spiro atoms. The van der Waals surface area contributed by atoms with Gasteiger partial charge in [0.25, 0.3) is 0 Å². The van der Waals surface area contributed by atoms with Gasteiger partial charge >= 0.3 is 33.5 Å². The Kier molecular flexibility index (Phi) is 7.88. The van der Waals surface area contributed by atoms with Gasteiger partial charge in [-0.15, -0.1) is 0 Å². The molecule has 1 heterocycles. The fraction of sp³-hybridized carbons (Fsp3) is 0.300. The number of allylic oxidation sites excluding steroid dienone is 6. The van der Waals surface area contributed by atoms with Crippen molar-refractivity contribution in [2.45, 2.75) is 33.1 Å². The Hall–Kier alpha value is -0.948. The molecule has 1 aliphatic heterocycles. The second kappa shape index (κ2) is 9.67. The molecule has 0 amide bonds. The van der Waals surface area contributed by atoms with E-state index in [1.165, 1.54) is 21.7 Å². The van der Waals surface area contributed by atoms with Gasteiger partial charge in [-0.05, 0) is 35.6 Å². The average Bonchev–Trinajstić information content (AvgIpc) is 3.26. The van der Waals surface area contributed by atoms with Gasteiger partial charge in [0.15, 0.2) is 0 Å². The van der Waals surface area contributed by atoms with Crippen molar-refractivity contribution in [2.24, 2.45) is 5.41 Å². The molecule has 0 bridgehead atoms. The summed E-state index contributed by atoms with van der Waals surface area (Å²) in [5, 5.41) is 1.53. The van der Waals surface area contributed by atoms with Crippen molar-refractivity contribution < 1.29 is 13.4 Å². The minimum absolute atomic E-state index is 0.102. The zero-order valence-corrected chi connectivity index (χ0v) is 17.3. The predicted molar refractivity (Wildman–Crippen MR) is 105 cm³/mol. The molecule has 2 nitrogen and oxygen atoms in total. The third kappa shape index (κ3) is 5.51. The average molecular weight is 414 g/mol. The Balaban J connectivity index is 0.000000701. The van der Waals surface area contributed by atoms with Gasteiger partial charge in [0.05, 0.1) is 0 Å². The van der Waals surface area contributed by atoms with Crippen LogP contribution in [0.2, 0.25) is 0 Å². The third-order valence-electron chi connectivity index (χ3n) is 4.59. The summed E-state index contributed by atoms with van der Waals surface area (Å²) in [6.45, 7) is 4.62. The molecule has 1 aromatic carbocycles. The van der Waals surface area contributed by atoms with Gasteiger partial charge in [-0.25, -0.2) is 0 Å². The van der Waals surface area contributed by atoms with E-state index in [2.05, 4.69) is 62.4 Å². The maximum absolute atomic E-state index is 8.15. The van der Waals surface area contributed by atoms with Crippen LogP contribution >= 0.6 is 20.1 Å².